The van der Waals surface area contributed by atoms with Crippen molar-refractivity contribution in [3.8, 4) is 0 Å². The smallest absolute Gasteiger partial charge is 0.192 e. The van der Waals surface area contributed by atoms with Crippen LogP contribution in [0.1, 0.15) is 45.1 Å². The van der Waals surface area contributed by atoms with Crippen molar-refractivity contribution in [3.63, 3.8) is 0 Å². The Morgan fingerprint density at radius 2 is 2.18 bits per heavy atom. The average Bonchev–Trinajstić information content (AvgIpc) is 3.49. The van der Waals surface area contributed by atoms with E-state index in [1.165, 1.54) is 0 Å². The number of aliphatic hydroxyl groups is 2. The summed E-state index contributed by atoms with van der Waals surface area (Å²) in [5, 5.41) is 27.7. The molecule has 0 spiro atoms. The first-order valence-electron chi connectivity index (χ1n) is 12.4. The molecule has 2 heterocycles. The van der Waals surface area contributed by atoms with Crippen LogP contribution < -0.4 is 0 Å². The van der Waals surface area contributed by atoms with Crippen LogP contribution in [0.3, 0.4) is 0 Å². The molecule has 182 valence electrons. The van der Waals surface area contributed by atoms with Gasteiger partial charge in [-0.15, -0.1) is 0 Å². The van der Waals surface area contributed by atoms with Gasteiger partial charge in [0, 0.05) is 35.8 Å². The predicted molar refractivity (Wildman–Crippen MR) is 128 cm³/mol. The summed E-state index contributed by atoms with van der Waals surface area (Å²) in [6.07, 6.45) is 7.86. The van der Waals surface area contributed by atoms with Gasteiger partial charge in [-0.2, -0.15) is 16.4 Å². The van der Waals surface area contributed by atoms with E-state index < -0.39 is 23.7 Å². The standard InChI is InChI=1S/C27H33NO5S/c1-25-7-5-19(30)9-17(25)3-4-20-21-10-18-13-28(12-16-6-8-34-15-16)33-27(18,23(32)14-29)26(21,2)11-22(31)24(20)25/h5-9,15,18,20-22,24,29,31H,3-4,10-14H2,1-2H3. The first-order chi connectivity index (χ1) is 16.2. The fraction of sp³-hybridized carbons (Fsp3) is 0.630. The van der Waals surface area contributed by atoms with E-state index in [0.29, 0.717) is 19.5 Å². The van der Waals surface area contributed by atoms with Gasteiger partial charge in [-0.25, -0.2) is 0 Å². The van der Waals surface area contributed by atoms with E-state index in [-0.39, 0.29) is 40.7 Å². The molecule has 8 unspecified atom stereocenters. The molecule has 0 bridgehead atoms. The van der Waals surface area contributed by atoms with E-state index in [0.717, 1.165) is 30.4 Å². The first-order valence-corrected chi connectivity index (χ1v) is 13.4. The number of fused-ring (bicyclic) bond motifs is 7. The second kappa shape index (κ2) is 7.68. The van der Waals surface area contributed by atoms with Gasteiger partial charge in [-0.1, -0.05) is 25.5 Å². The van der Waals surface area contributed by atoms with Crippen LogP contribution in [0.2, 0.25) is 0 Å². The molecule has 34 heavy (non-hydrogen) atoms. The van der Waals surface area contributed by atoms with Crippen LogP contribution in [0.5, 0.6) is 0 Å². The van der Waals surface area contributed by atoms with Gasteiger partial charge in [-0.3, -0.25) is 14.4 Å². The molecule has 1 aromatic rings. The lowest BCUT2D eigenvalue weighted by Gasteiger charge is -2.59. The van der Waals surface area contributed by atoms with Crippen molar-refractivity contribution in [3.05, 3.63) is 46.2 Å². The van der Waals surface area contributed by atoms with E-state index in [9.17, 15) is 19.8 Å². The van der Waals surface area contributed by atoms with Crippen molar-refractivity contribution in [2.24, 2.45) is 34.5 Å². The van der Waals surface area contributed by atoms with E-state index in [1.807, 2.05) is 16.5 Å². The highest BCUT2D eigenvalue weighted by Crippen LogP contribution is 2.70. The van der Waals surface area contributed by atoms with E-state index in [4.69, 9.17) is 4.84 Å². The highest BCUT2D eigenvalue weighted by Gasteiger charge is 2.75. The number of rotatable bonds is 4. The summed E-state index contributed by atoms with van der Waals surface area (Å²) in [5.41, 5.74) is 0.272. The van der Waals surface area contributed by atoms with Crippen LogP contribution in [0.25, 0.3) is 0 Å². The van der Waals surface area contributed by atoms with E-state index >= 15 is 0 Å². The highest BCUT2D eigenvalue weighted by molar-refractivity contribution is 7.07. The van der Waals surface area contributed by atoms with Crippen molar-refractivity contribution in [1.29, 1.82) is 0 Å². The maximum Gasteiger partial charge on any atom is 0.192 e. The van der Waals surface area contributed by atoms with Crippen LogP contribution in [0, 0.1) is 34.5 Å². The van der Waals surface area contributed by atoms with Gasteiger partial charge in [0.15, 0.2) is 17.2 Å². The fourth-order valence-corrected chi connectivity index (χ4v) is 9.40. The Labute approximate surface area is 204 Å². The molecule has 6 nitrogen and oxygen atoms in total. The van der Waals surface area contributed by atoms with Crippen molar-refractivity contribution in [2.45, 2.75) is 57.8 Å². The topological polar surface area (TPSA) is 87.1 Å². The maximum atomic E-state index is 13.5. The van der Waals surface area contributed by atoms with Crippen molar-refractivity contribution < 1.29 is 24.6 Å². The Hall–Kier alpha value is -1.64. The van der Waals surface area contributed by atoms with Gasteiger partial charge in [0.2, 0.25) is 0 Å². The Balaban J connectivity index is 1.37. The summed E-state index contributed by atoms with van der Waals surface area (Å²) in [7, 11) is 0. The number of hydroxylamine groups is 2. The third kappa shape index (κ3) is 2.88. The fourth-order valence-electron chi connectivity index (χ4n) is 8.74. The Morgan fingerprint density at radius 3 is 2.91 bits per heavy atom. The zero-order valence-corrected chi connectivity index (χ0v) is 20.6. The molecule has 8 atom stereocenters. The quantitative estimate of drug-likeness (QED) is 0.683. The monoisotopic (exact) mass is 483 g/mol. The predicted octanol–water partition coefficient (Wildman–Crippen LogP) is 3.30. The van der Waals surface area contributed by atoms with Crippen molar-refractivity contribution >= 4 is 22.9 Å². The number of Topliss-reactive ketones (excluding diaryl/α,β-unsaturated/α-hetero) is 1. The van der Waals surface area contributed by atoms with Crippen molar-refractivity contribution in [2.75, 3.05) is 13.2 Å². The molecular formula is C27H33NO5S. The van der Waals surface area contributed by atoms with E-state index in [1.54, 1.807) is 23.5 Å². The zero-order valence-electron chi connectivity index (χ0n) is 19.8. The molecule has 4 aliphatic carbocycles. The second-order valence-electron chi connectivity index (χ2n) is 11.5. The molecular weight excluding hydrogens is 450 g/mol. The molecule has 2 N–H and O–H groups in total. The highest BCUT2D eigenvalue weighted by atomic mass is 32.1. The molecule has 4 fully saturated rings. The Bertz CT molecular complexity index is 1080. The molecule has 1 saturated heterocycles. The molecule has 3 saturated carbocycles. The van der Waals surface area contributed by atoms with Crippen LogP contribution >= 0.6 is 11.3 Å². The third-order valence-electron chi connectivity index (χ3n) is 10.0. The van der Waals surface area contributed by atoms with Gasteiger partial charge < -0.3 is 10.2 Å². The average molecular weight is 484 g/mol. The largest absolute Gasteiger partial charge is 0.393 e. The third-order valence-corrected chi connectivity index (χ3v) is 10.8. The Kier molecular flexibility index (Phi) is 5.15. The van der Waals surface area contributed by atoms with Crippen molar-refractivity contribution in [1.82, 2.24) is 5.06 Å². The van der Waals surface area contributed by atoms with Crippen LogP contribution in [0.15, 0.2) is 40.6 Å². The van der Waals surface area contributed by atoms with Gasteiger partial charge in [0.05, 0.1) is 6.10 Å². The first kappa shape index (κ1) is 22.8. The minimum absolute atomic E-state index is 0.0111. The normalized spacial score (nSPS) is 45.4. The zero-order chi connectivity index (χ0) is 23.9. The van der Waals surface area contributed by atoms with Gasteiger partial charge in [0.1, 0.15) is 6.61 Å². The number of hydrogen-bond donors (Lipinski definition) is 2. The molecule has 6 rings (SSSR count). The maximum absolute atomic E-state index is 13.5. The van der Waals surface area contributed by atoms with Gasteiger partial charge in [0.25, 0.3) is 0 Å². The van der Waals surface area contributed by atoms with Gasteiger partial charge >= 0.3 is 0 Å². The SMILES string of the molecule is CC12C=CC(=O)C=C1CCC1C2C(O)CC2(C)C1CC1CN(Cc3ccsc3)OC12C(=O)CO. The van der Waals surface area contributed by atoms with E-state index in [2.05, 4.69) is 25.3 Å². The molecule has 0 radical (unpaired) electrons. The summed E-state index contributed by atoms with van der Waals surface area (Å²) >= 11 is 1.64. The molecule has 0 aromatic carbocycles. The molecule has 7 heteroatoms. The molecule has 1 aliphatic heterocycles. The number of carbonyl (C=O) groups is 2. The summed E-state index contributed by atoms with van der Waals surface area (Å²) in [6.45, 7) is 4.99. The lowest BCUT2D eigenvalue weighted by molar-refractivity contribution is -0.254. The number of thiophene rings is 1. The number of nitrogens with zero attached hydrogens (tertiary/aromatic N) is 1. The number of aliphatic hydroxyl groups excluding tert-OH is 2. The van der Waals surface area contributed by atoms with Crippen LogP contribution in [-0.2, 0) is 21.0 Å². The minimum Gasteiger partial charge on any atom is -0.393 e. The van der Waals surface area contributed by atoms with Crippen LogP contribution in [0.4, 0.5) is 0 Å². The second-order valence-corrected chi connectivity index (χ2v) is 12.3. The molecule has 0 amide bonds. The minimum atomic E-state index is -1.11. The number of carbonyl (C=O) groups excluding carboxylic acids is 2. The lowest BCUT2D eigenvalue weighted by atomic mass is 9.46. The summed E-state index contributed by atoms with van der Waals surface area (Å²) in [5.74, 6) is 0.220. The number of hydrogen-bond acceptors (Lipinski definition) is 7. The van der Waals surface area contributed by atoms with Crippen LogP contribution in [-0.4, -0.2) is 51.7 Å². The summed E-state index contributed by atoms with van der Waals surface area (Å²) < 4.78 is 0. The molecule has 5 aliphatic rings. The lowest BCUT2D eigenvalue weighted by Crippen LogP contribution is -2.63. The number of allylic oxidation sites excluding steroid dienone is 4. The number of ketones is 2. The molecule has 1 aromatic heterocycles. The summed E-state index contributed by atoms with van der Waals surface area (Å²) in [6, 6.07) is 2.07. The summed E-state index contributed by atoms with van der Waals surface area (Å²) in [4.78, 5) is 32.1. The van der Waals surface area contributed by atoms with Gasteiger partial charge in [-0.05, 0) is 72.1 Å². The Morgan fingerprint density at radius 1 is 1.35 bits per heavy atom.